The van der Waals surface area contributed by atoms with Crippen LogP contribution in [0.5, 0.6) is 0 Å². The Morgan fingerprint density at radius 3 is 2.45 bits per heavy atom. The van der Waals surface area contributed by atoms with E-state index in [1.54, 1.807) is 12.1 Å². The van der Waals surface area contributed by atoms with Gasteiger partial charge in [0, 0.05) is 44.0 Å². The Hall–Kier alpha value is -1.66. The maximum absolute atomic E-state index is 10.9. The molecule has 0 spiro atoms. The third kappa shape index (κ3) is 2.62. The van der Waals surface area contributed by atoms with Crippen LogP contribution in [-0.2, 0) is 4.74 Å². The number of hydrogen-bond acceptors (Lipinski definition) is 5. The number of non-ortho nitro benzene ring substituents is 1. The van der Waals surface area contributed by atoms with E-state index in [9.17, 15) is 10.1 Å². The minimum atomic E-state index is -0.321. The molecule has 1 aromatic carbocycles. The summed E-state index contributed by atoms with van der Waals surface area (Å²) in [6, 6.07) is 5.89. The van der Waals surface area contributed by atoms with Crippen LogP contribution in [-0.4, -0.2) is 55.3 Å². The van der Waals surface area contributed by atoms with Crippen LogP contribution in [0.15, 0.2) is 18.2 Å². The Morgan fingerprint density at radius 2 is 1.90 bits per heavy atom. The third-order valence-corrected chi connectivity index (χ3v) is 4.07. The molecule has 0 unspecified atom stereocenters. The van der Waals surface area contributed by atoms with Crippen LogP contribution in [0.3, 0.4) is 0 Å². The summed E-state index contributed by atoms with van der Waals surface area (Å²) in [5.74, 6) is 0. The summed E-state index contributed by atoms with van der Waals surface area (Å²) in [6.07, 6.45) is 0. The van der Waals surface area contributed by atoms with Gasteiger partial charge in [-0.25, -0.2) is 0 Å². The maximum atomic E-state index is 10.9. The summed E-state index contributed by atoms with van der Waals surface area (Å²) in [7, 11) is 0. The topological polar surface area (TPSA) is 58.8 Å². The number of nitrogens with zero attached hydrogens (tertiary/aromatic N) is 3. The lowest BCUT2D eigenvalue weighted by Crippen LogP contribution is -2.56. The molecule has 1 aromatic rings. The maximum Gasteiger partial charge on any atom is 0.271 e. The largest absolute Gasteiger partial charge is 0.378 e. The van der Waals surface area contributed by atoms with Crippen molar-refractivity contribution in [3.8, 4) is 0 Å². The van der Waals surface area contributed by atoms with E-state index in [1.165, 1.54) is 0 Å². The molecular formula is C14H19N3O3. The molecule has 0 amide bonds. The summed E-state index contributed by atoms with van der Waals surface area (Å²) in [6.45, 7) is 7.41. The first kappa shape index (κ1) is 13.3. The van der Waals surface area contributed by atoms with Crippen LogP contribution in [0.25, 0.3) is 0 Å². The van der Waals surface area contributed by atoms with Crippen LogP contribution in [0.4, 0.5) is 11.4 Å². The molecule has 2 saturated heterocycles. The minimum Gasteiger partial charge on any atom is -0.378 e. The van der Waals surface area contributed by atoms with E-state index in [1.807, 2.05) is 13.0 Å². The Bertz CT molecular complexity index is 508. The van der Waals surface area contributed by atoms with Crippen LogP contribution < -0.4 is 4.90 Å². The highest BCUT2D eigenvalue weighted by Crippen LogP contribution is 2.25. The molecular weight excluding hydrogens is 258 g/mol. The van der Waals surface area contributed by atoms with E-state index in [0.29, 0.717) is 6.04 Å². The zero-order chi connectivity index (χ0) is 14.1. The lowest BCUT2D eigenvalue weighted by atomic mass is 10.1. The highest BCUT2D eigenvalue weighted by Gasteiger charge is 2.29. The zero-order valence-corrected chi connectivity index (χ0v) is 11.6. The van der Waals surface area contributed by atoms with Gasteiger partial charge in [-0.3, -0.25) is 15.0 Å². The van der Waals surface area contributed by atoms with E-state index in [0.717, 1.165) is 50.6 Å². The quantitative estimate of drug-likeness (QED) is 0.618. The highest BCUT2D eigenvalue weighted by molar-refractivity contribution is 5.56. The number of benzene rings is 1. The average molecular weight is 277 g/mol. The first-order chi connectivity index (χ1) is 9.63. The highest BCUT2D eigenvalue weighted by atomic mass is 16.6. The van der Waals surface area contributed by atoms with Crippen molar-refractivity contribution in [2.45, 2.75) is 13.0 Å². The van der Waals surface area contributed by atoms with Gasteiger partial charge in [0.05, 0.1) is 24.2 Å². The summed E-state index contributed by atoms with van der Waals surface area (Å²) in [5, 5.41) is 10.9. The van der Waals surface area contributed by atoms with E-state index in [-0.39, 0.29) is 10.6 Å². The molecule has 6 nitrogen and oxygen atoms in total. The molecule has 0 atom stereocenters. The molecule has 108 valence electrons. The van der Waals surface area contributed by atoms with E-state index < -0.39 is 0 Å². The Morgan fingerprint density at radius 1 is 1.20 bits per heavy atom. The molecule has 3 rings (SSSR count). The molecule has 0 bridgehead atoms. The zero-order valence-electron chi connectivity index (χ0n) is 11.6. The number of aryl methyl sites for hydroxylation is 1. The number of anilines is 1. The number of nitro benzene ring substituents is 1. The monoisotopic (exact) mass is 277 g/mol. The lowest BCUT2D eigenvalue weighted by Gasteiger charge is -2.43. The second-order valence-electron chi connectivity index (χ2n) is 5.50. The normalized spacial score (nSPS) is 20.8. The molecule has 0 N–H and O–H groups in total. The van der Waals surface area contributed by atoms with Crippen LogP contribution in [0, 0.1) is 17.0 Å². The van der Waals surface area contributed by atoms with Gasteiger partial charge in [0.1, 0.15) is 0 Å². The molecule has 2 aliphatic heterocycles. The number of ether oxygens (including phenoxy) is 1. The van der Waals surface area contributed by atoms with Crippen molar-refractivity contribution in [1.29, 1.82) is 0 Å². The minimum absolute atomic E-state index is 0.176. The van der Waals surface area contributed by atoms with Gasteiger partial charge in [-0.15, -0.1) is 0 Å². The van der Waals surface area contributed by atoms with E-state index in [2.05, 4.69) is 9.80 Å². The molecule has 20 heavy (non-hydrogen) atoms. The van der Waals surface area contributed by atoms with Gasteiger partial charge in [0.25, 0.3) is 5.69 Å². The lowest BCUT2D eigenvalue weighted by molar-refractivity contribution is -0.384. The fourth-order valence-electron chi connectivity index (χ4n) is 2.81. The molecule has 6 heteroatoms. The first-order valence-electron chi connectivity index (χ1n) is 6.96. The Labute approximate surface area is 118 Å². The van der Waals surface area contributed by atoms with Gasteiger partial charge in [-0.2, -0.15) is 0 Å². The van der Waals surface area contributed by atoms with Crippen LogP contribution in [0.1, 0.15) is 5.56 Å². The van der Waals surface area contributed by atoms with E-state index >= 15 is 0 Å². The fraction of sp³-hybridized carbons (Fsp3) is 0.571. The predicted octanol–water partition coefficient (Wildman–Crippen LogP) is 1.42. The third-order valence-electron chi connectivity index (χ3n) is 4.07. The van der Waals surface area contributed by atoms with Crippen molar-refractivity contribution in [3.05, 3.63) is 33.9 Å². The molecule has 2 aliphatic rings. The summed E-state index contributed by atoms with van der Waals surface area (Å²) < 4.78 is 5.23. The van der Waals surface area contributed by atoms with Crippen LogP contribution >= 0.6 is 0 Å². The van der Waals surface area contributed by atoms with Gasteiger partial charge in [0.2, 0.25) is 0 Å². The standard InChI is InChI=1S/C14H19N3O3/c1-11-6-12(8-13(7-11)17(18)19)15-2-4-16(5-3-15)14-9-20-10-14/h6-8,14H,2-5,9-10H2,1H3. The van der Waals surface area contributed by atoms with Crippen molar-refractivity contribution in [2.24, 2.45) is 0 Å². The van der Waals surface area contributed by atoms with Gasteiger partial charge >= 0.3 is 0 Å². The molecule has 2 fully saturated rings. The van der Waals surface area contributed by atoms with Crippen molar-refractivity contribution in [1.82, 2.24) is 4.90 Å². The molecule has 0 aromatic heterocycles. The number of piperazine rings is 1. The Kier molecular flexibility index (Phi) is 3.58. The number of rotatable bonds is 3. The van der Waals surface area contributed by atoms with Gasteiger partial charge in [-0.05, 0) is 18.6 Å². The molecule has 2 heterocycles. The number of nitro groups is 1. The summed E-state index contributed by atoms with van der Waals surface area (Å²) in [5.41, 5.74) is 2.07. The van der Waals surface area contributed by atoms with Crippen LogP contribution in [0.2, 0.25) is 0 Å². The fourth-order valence-corrected chi connectivity index (χ4v) is 2.81. The predicted molar refractivity (Wildman–Crippen MR) is 76.2 cm³/mol. The van der Waals surface area contributed by atoms with E-state index in [4.69, 9.17) is 4.74 Å². The molecule has 0 radical (unpaired) electrons. The van der Waals surface area contributed by atoms with Crippen molar-refractivity contribution < 1.29 is 9.66 Å². The van der Waals surface area contributed by atoms with Gasteiger partial charge < -0.3 is 9.64 Å². The number of hydrogen-bond donors (Lipinski definition) is 0. The average Bonchev–Trinajstić information content (AvgIpc) is 2.37. The summed E-state index contributed by atoms with van der Waals surface area (Å²) in [4.78, 5) is 15.3. The second kappa shape index (κ2) is 5.38. The SMILES string of the molecule is Cc1cc(N2CCN(C3COC3)CC2)cc([N+](=O)[O-])c1. The van der Waals surface area contributed by atoms with Gasteiger partial charge in [-0.1, -0.05) is 0 Å². The first-order valence-corrected chi connectivity index (χ1v) is 6.96. The second-order valence-corrected chi connectivity index (χ2v) is 5.50. The Balaban J connectivity index is 1.69. The van der Waals surface area contributed by atoms with Crippen molar-refractivity contribution >= 4 is 11.4 Å². The van der Waals surface area contributed by atoms with Crippen molar-refractivity contribution in [2.75, 3.05) is 44.3 Å². The summed E-state index contributed by atoms with van der Waals surface area (Å²) >= 11 is 0. The molecule has 0 aliphatic carbocycles. The van der Waals surface area contributed by atoms with Gasteiger partial charge in [0.15, 0.2) is 0 Å². The van der Waals surface area contributed by atoms with Crippen molar-refractivity contribution in [3.63, 3.8) is 0 Å². The molecule has 0 saturated carbocycles. The smallest absolute Gasteiger partial charge is 0.271 e.